The molecule has 7 nitrogen and oxygen atoms in total. The van der Waals surface area contributed by atoms with Crippen LogP contribution >= 0.6 is 0 Å². The molecule has 1 aromatic heterocycles. The molecule has 2 heterocycles. The van der Waals surface area contributed by atoms with E-state index in [1.165, 1.54) is 12.1 Å². The van der Waals surface area contributed by atoms with Crippen LogP contribution in [0.25, 0.3) is 11.0 Å². The number of fused-ring (bicyclic) bond motifs is 2. The van der Waals surface area contributed by atoms with Crippen LogP contribution in [0.15, 0.2) is 82.1 Å². The van der Waals surface area contributed by atoms with Crippen LogP contribution in [0.2, 0.25) is 0 Å². The SMILES string of the molecule is NS(=O)(=O)c1ccc2c(c1)OCCC([C@H](c1cc3ccccc3o1)c1ccccc1CO)O2. The van der Waals surface area contributed by atoms with Gasteiger partial charge in [0, 0.05) is 17.9 Å². The maximum Gasteiger partial charge on any atom is 0.238 e. The third-order valence-corrected chi connectivity index (χ3v) is 6.78. The molecule has 8 heteroatoms. The van der Waals surface area contributed by atoms with E-state index < -0.39 is 10.0 Å². The minimum atomic E-state index is -3.87. The fourth-order valence-corrected chi connectivity index (χ4v) is 4.82. The quantitative estimate of drug-likeness (QED) is 0.462. The topological polar surface area (TPSA) is 112 Å². The molecular weight excluding hydrogens is 442 g/mol. The lowest BCUT2D eigenvalue weighted by atomic mass is 9.86. The van der Waals surface area contributed by atoms with E-state index in [4.69, 9.17) is 19.0 Å². The molecule has 0 spiro atoms. The van der Waals surface area contributed by atoms with Crippen LogP contribution < -0.4 is 14.6 Å². The first kappa shape index (κ1) is 21.5. The molecule has 1 unspecified atom stereocenters. The van der Waals surface area contributed by atoms with Crippen molar-refractivity contribution in [1.82, 2.24) is 0 Å². The standard InChI is InChI=1S/C25H23NO6S/c26-33(28,29)18-9-10-21-23(14-18)30-12-11-22(32-21)25(19-7-3-1-6-17(19)15-27)24-13-16-5-2-4-8-20(16)31-24/h1-10,13-14,22,25,27H,11-12,15H2,(H2,26,28,29)/t22?,25-/m1/s1. The number of hydrogen-bond donors (Lipinski definition) is 2. The van der Waals surface area contributed by atoms with Crippen LogP contribution in [0.5, 0.6) is 11.5 Å². The van der Waals surface area contributed by atoms with Crippen molar-refractivity contribution in [3.05, 3.63) is 89.7 Å². The minimum Gasteiger partial charge on any atom is -0.490 e. The number of primary sulfonamides is 1. The first-order valence-electron chi connectivity index (χ1n) is 10.6. The Morgan fingerprint density at radius 2 is 1.79 bits per heavy atom. The van der Waals surface area contributed by atoms with Gasteiger partial charge in [-0.1, -0.05) is 42.5 Å². The first-order valence-corrected chi connectivity index (χ1v) is 12.1. The molecule has 33 heavy (non-hydrogen) atoms. The number of para-hydroxylation sites is 1. The van der Waals surface area contributed by atoms with Gasteiger partial charge in [-0.15, -0.1) is 0 Å². The fourth-order valence-electron chi connectivity index (χ4n) is 4.29. The predicted octanol–water partition coefficient (Wildman–Crippen LogP) is 3.93. The Morgan fingerprint density at radius 1 is 1.00 bits per heavy atom. The molecule has 2 atom stereocenters. The van der Waals surface area contributed by atoms with Gasteiger partial charge in [0.15, 0.2) is 11.5 Å². The van der Waals surface area contributed by atoms with Crippen LogP contribution in [0.1, 0.15) is 29.2 Å². The van der Waals surface area contributed by atoms with Crippen molar-refractivity contribution in [3.8, 4) is 11.5 Å². The van der Waals surface area contributed by atoms with Crippen LogP contribution in [0.4, 0.5) is 0 Å². The number of nitrogens with two attached hydrogens (primary N) is 1. The molecule has 3 aromatic carbocycles. The van der Waals surface area contributed by atoms with Crippen LogP contribution in [0.3, 0.4) is 0 Å². The van der Waals surface area contributed by atoms with E-state index in [1.807, 2.05) is 54.6 Å². The number of furan rings is 1. The molecule has 5 rings (SSSR count). The summed E-state index contributed by atoms with van der Waals surface area (Å²) in [5, 5.41) is 16.2. The Labute approximate surface area is 191 Å². The highest BCUT2D eigenvalue weighted by Crippen LogP contribution is 2.41. The lowest BCUT2D eigenvalue weighted by molar-refractivity contribution is 0.163. The maximum absolute atomic E-state index is 11.7. The number of benzene rings is 3. The van der Waals surface area contributed by atoms with Gasteiger partial charge in [-0.25, -0.2) is 13.6 Å². The molecule has 1 aliphatic rings. The molecule has 0 aliphatic carbocycles. The summed E-state index contributed by atoms with van der Waals surface area (Å²) < 4.78 is 41.9. The van der Waals surface area contributed by atoms with Crippen molar-refractivity contribution >= 4 is 21.0 Å². The van der Waals surface area contributed by atoms with Crippen molar-refractivity contribution in [2.24, 2.45) is 5.14 Å². The minimum absolute atomic E-state index is 0.0391. The lowest BCUT2D eigenvalue weighted by Gasteiger charge is -2.27. The second-order valence-corrected chi connectivity index (χ2v) is 9.53. The third kappa shape index (κ3) is 4.20. The van der Waals surface area contributed by atoms with Gasteiger partial charge in [0.25, 0.3) is 0 Å². The molecule has 3 N–H and O–H groups in total. The maximum atomic E-state index is 11.7. The normalized spacial score (nSPS) is 17.0. The number of ether oxygens (including phenoxy) is 2. The molecule has 1 aliphatic heterocycles. The summed E-state index contributed by atoms with van der Waals surface area (Å²) in [5.41, 5.74) is 2.44. The Hall–Kier alpha value is -3.33. The average molecular weight is 466 g/mol. The highest BCUT2D eigenvalue weighted by atomic mass is 32.2. The van der Waals surface area contributed by atoms with Crippen molar-refractivity contribution in [2.75, 3.05) is 6.61 Å². The number of hydrogen-bond acceptors (Lipinski definition) is 6. The van der Waals surface area contributed by atoms with E-state index in [-0.39, 0.29) is 23.5 Å². The average Bonchev–Trinajstić information content (AvgIpc) is 3.11. The van der Waals surface area contributed by atoms with E-state index in [0.29, 0.717) is 30.3 Å². The van der Waals surface area contributed by atoms with Crippen LogP contribution in [0, 0.1) is 0 Å². The second-order valence-electron chi connectivity index (χ2n) is 7.97. The predicted molar refractivity (Wildman–Crippen MR) is 123 cm³/mol. The van der Waals surface area contributed by atoms with Gasteiger partial charge in [-0.3, -0.25) is 0 Å². The zero-order valence-electron chi connectivity index (χ0n) is 17.7. The zero-order chi connectivity index (χ0) is 23.0. The first-order chi connectivity index (χ1) is 15.9. The summed E-state index contributed by atoms with van der Waals surface area (Å²) in [7, 11) is -3.87. The van der Waals surface area contributed by atoms with E-state index >= 15 is 0 Å². The molecule has 4 aromatic rings. The number of aliphatic hydroxyl groups excluding tert-OH is 1. The zero-order valence-corrected chi connectivity index (χ0v) is 18.5. The molecular formula is C25H23NO6S. The van der Waals surface area contributed by atoms with E-state index in [9.17, 15) is 13.5 Å². The van der Waals surface area contributed by atoms with E-state index in [0.717, 1.165) is 22.1 Å². The summed E-state index contributed by atoms with van der Waals surface area (Å²) in [4.78, 5) is -0.0391. The van der Waals surface area contributed by atoms with Gasteiger partial charge in [-0.05, 0) is 35.4 Å². The smallest absolute Gasteiger partial charge is 0.238 e. The lowest BCUT2D eigenvalue weighted by Crippen LogP contribution is -2.27. The van der Waals surface area contributed by atoms with Crippen molar-refractivity contribution in [2.45, 2.75) is 29.9 Å². The number of sulfonamides is 1. The molecule has 0 saturated heterocycles. The van der Waals surface area contributed by atoms with Crippen LogP contribution in [-0.4, -0.2) is 26.2 Å². The van der Waals surface area contributed by atoms with Crippen molar-refractivity contribution < 1.29 is 27.4 Å². The van der Waals surface area contributed by atoms with Gasteiger partial charge in [0.2, 0.25) is 10.0 Å². The van der Waals surface area contributed by atoms with Crippen molar-refractivity contribution in [1.29, 1.82) is 0 Å². The summed E-state index contributed by atoms with van der Waals surface area (Å²) in [6.07, 6.45) is 0.126. The van der Waals surface area contributed by atoms with Crippen molar-refractivity contribution in [3.63, 3.8) is 0 Å². The molecule has 0 bridgehead atoms. The monoisotopic (exact) mass is 465 g/mol. The summed E-state index contributed by atoms with van der Waals surface area (Å²) in [5.74, 6) is 1.13. The largest absolute Gasteiger partial charge is 0.490 e. The summed E-state index contributed by atoms with van der Waals surface area (Å²) in [6, 6.07) is 21.7. The fraction of sp³-hybridized carbons (Fsp3) is 0.200. The Morgan fingerprint density at radius 3 is 2.58 bits per heavy atom. The number of aliphatic hydroxyl groups is 1. The summed E-state index contributed by atoms with van der Waals surface area (Å²) >= 11 is 0. The molecule has 0 radical (unpaired) electrons. The molecule has 0 amide bonds. The Balaban J connectivity index is 1.61. The van der Waals surface area contributed by atoms with E-state index in [2.05, 4.69) is 0 Å². The Kier molecular flexibility index (Phi) is 5.57. The summed E-state index contributed by atoms with van der Waals surface area (Å²) in [6.45, 7) is 0.189. The van der Waals surface area contributed by atoms with E-state index in [1.54, 1.807) is 6.07 Å². The molecule has 0 fully saturated rings. The highest BCUT2D eigenvalue weighted by molar-refractivity contribution is 7.89. The van der Waals surface area contributed by atoms with Gasteiger partial charge >= 0.3 is 0 Å². The number of rotatable bonds is 5. The van der Waals surface area contributed by atoms with Gasteiger partial charge in [0.05, 0.1) is 24.0 Å². The van der Waals surface area contributed by atoms with Gasteiger partial charge in [0.1, 0.15) is 17.4 Å². The highest BCUT2D eigenvalue weighted by Gasteiger charge is 2.34. The third-order valence-electron chi connectivity index (χ3n) is 5.87. The Bertz CT molecular complexity index is 1380. The van der Waals surface area contributed by atoms with Gasteiger partial charge < -0.3 is 19.0 Å². The molecule has 0 saturated carbocycles. The van der Waals surface area contributed by atoms with Crippen LogP contribution in [-0.2, 0) is 16.6 Å². The molecule has 170 valence electrons. The van der Waals surface area contributed by atoms with Gasteiger partial charge in [-0.2, -0.15) is 0 Å². The second kappa shape index (κ2) is 8.55.